The summed E-state index contributed by atoms with van der Waals surface area (Å²) in [6.45, 7) is 3.87. The molecule has 2 aromatic carbocycles. The van der Waals surface area contributed by atoms with E-state index in [0.29, 0.717) is 23.1 Å². The van der Waals surface area contributed by atoms with Gasteiger partial charge in [0.1, 0.15) is 28.9 Å². The summed E-state index contributed by atoms with van der Waals surface area (Å²) in [6, 6.07) is 8.94. The van der Waals surface area contributed by atoms with Gasteiger partial charge in [-0.1, -0.05) is 19.1 Å². The van der Waals surface area contributed by atoms with E-state index in [1.807, 2.05) is 26.0 Å². The van der Waals surface area contributed by atoms with Crippen LogP contribution in [0.5, 0.6) is 5.75 Å². The number of hydrogen-bond donors (Lipinski definition) is 1. The molecule has 0 radical (unpaired) electrons. The number of rotatable bonds is 6. The molecule has 0 aliphatic carbocycles. The Balaban J connectivity index is 1.83. The molecule has 4 aromatic rings. The molecule has 4 rings (SSSR count). The van der Waals surface area contributed by atoms with Gasteiger partial charge in [-0.05, 0) is 48.1 Å². The Hall–Kier alpha value is -3.94. The van der Waals surface area contributed by atoms with E-state index in [0.717, 1.165) is 23.3 Å². The van der Waals surface area contributed by atoms with Crippen LogP contribution >= 0.6 is 0 Å². The minimum absolute atomic E-state index is 0.0541. The zero-order chi connectivity index (χ0) is 23.7. The highest BCUT2D eigenvalue weighted by molar-refractivity contribution is 6.01. The van der Waals surface area contributed by atoms with Crippen LogP contribution in [0.1, 0.15) is 40.3 Å². The van der Waals surface area contributed by atoms with Crippen molar-refractivity contribution in [1.82, 2.24) is 15.0 Å². The van der Waals surface area contributed by atoms with E-state index in [9.17, 15) is 13.6 Å². The lowest BCUT2D eigenvalue weighted by Crippen LogP contribution is -2.13. The number of halogens is 2. The molecule has 6 nitrogen and oxygen atoms in total. The van der Waals surface area contributed by atoms with Crippen molar-refractivity contribution in [3.8, 4) is 16.9 Å². The van der Waals surface area contributed by atoms with E-state index in [1.54, 1.807) is 18.5 Å². The Bertz CT molecular complexity index is 1330. The van der Waals surface area contributed by atoms with E-state index in [2.05, 4.69) is 15.0 Å². The molecule has 168 valence electrons. The maximum Gasteiger partial charge on any atom is 0.267 e. The molecule has 0 spiro atoms. The van der Waals surface area contributed by atoms with Crippen LogP contribution in [0.2, 0.25) is 0 Å². The standard InChI is InChI=1S/C25H22F2N4O2/c1-13(6-15-11-29-14(2)30-12-15)16-4-5-18-19(10-23(25(28)32)31-22(18)7-16)24-20(26)8-17(33-3)9-21(24)27/h4-5,7-13H,6H2,1-3H3,(H2,28,32). The third-order valence-electron chi connectivity index (χ3n) is 5.55. The van der Waals surface area contributed by atoms with Crippen LogP contribution in [0.3, 0.4) is 0 Å². The third-order valence-corrected chi connectivity index (χ3v) is 5.55. The van der Waals surface area contributed by atoms with Gasteiger partial charge in [0.2, 0.25) is 0 Å². The molecular weight excluding hydrogens is 426 g/mol. The summed E-state index contributed by atoms with van der Waals surface area (Å²) in [5, 5.41) is 0.498. The van der Waals surface area contributed by atoms with Crippen molar-refractivity contribution in [3.05, 3.63) is 83.1 Å². The van der Waals surface area contributed by atoms with Crippen LogP contribution in [0.15, 0.2) is 48.8 Å². The summed E-state index contributed by atoms with van der Waals surface area (Å²) in [5.41, 5.74) is 7.64. The molecular formula is C25H22F2N4O2. The van der Waals surface area contributed by atoms with Crippen molar-refractivity contribution < 1.29 is 18.3 Å². The van der Waals surface area contributed by atoms with Gasteiger partial charge in [0, 0.05) is 29.9 Å². The number of nitrogens with two attached hydrogens (primary N) is 1. The highest BCUT2D eigenvalue weighted by Crippen LogP contribution is 2.36. The minimum atomic E-state index is -0.813. The smallest absolute Gasteiger partial charge is 0.267 e. The summed E-state index contributed by atoms with van der Waals surface area (Å²) in [5.74, 6) is -1.58. The fourth-order valence-corrected chi connectivity index (χ4v) is 3.81. The van der Waals surface area contributed by atoms with Gasteiger partial charge in [-0.15, -0.1) is 0 Å². The van der Waals surface area contributed by atoms with Crippen molar-refractivity contribution in [2.24, 2.45) is 5.73 Å². The summed E-state index contributed by atoms with van der Waals surface area (Å²) in [4.78, 5) is 24.7. The van der Waals surface area contributed by atoms with Crippen LogP contribution in [0, 0.1) is 18.6 Å². The maximum atomic E-state index is 14.9. The first kappa shape index (κ1) is 22.3. The van der Waals surface area contributed by atoms with Gasteiger partial charge in [-0.2, -0.15) is 0 Å². The van der Waals surface area contributed by atoms with E-state index in [-0.39, 0.29) is 28.5 Å². The van der Waals surface area contributed by atoms with E-state index in [1.165, 1.54) is 13.2 Å². The van der Waals surface area contributed by atoms with Crippen molar-refractivity contribution in [2.75, 3.05) is 7.11 Å². The number of methoxy groups -OCH3 is 1. The second-order valence-electron chi connectivity index (χ2n) is 7.91. The molecule has 0 fully saturated rings. The molecule has 0 saturated heterocycles. The molecule has 1 amide bonds. The number of hydrogen-bond acceptors (Lipinski definition) is 5. The highest BCUT2D eigenvalue weighted by Gasteiger charge is 2.20. The number of primary amides is 1. The number of nitrogens with zero attached hydrogens (tertiary/aromatic N) is 3. The van der Waals surface area contributed by atoms with Crippen LogP contribution in [-0.4, -0.2) is 28.0 Å². The van der Waals surface area contributed by atoms with Crippen molar-refractivity contribution in [3.63, 3.8) is 0 Å². The number of carbonyl (C=O) groups excluding carboxylic acids is 1. The second-order valence-corrected chi connectivity index (χ2v) is 7.91. The normalized spacial score (nSPS) is 12.0. The number of benzene rings is 2. The summed E-state index contributed by atoms with van der Waals surface area (Å²) < 4.78 is 34.6. The molecule has 2 aromatic heterocycles. The monoisotopic (exact) mass is 448 g/mol. The van der Waals surface area contributed by atoms with E-state index < -0.39 is 17.5 Å². The molecule has 2 heterocycles. The summed E-state index contributed by atoms with van der Waals surface area (Å²) in [7, 11) is 1.33. The van der Waals surface area contributed by atoms with Gasteiger partial charge in [0.25, 0.3) is 5.91 Å². The lowest BCUT2D eigenvalue weighted by Gasteiger charge is -2.15. The first-order valence-corrected chi connectivity index (χ1v) is 10.3. The zero-order valence-corrected chi connectivity index (χ0v) is 18.4. The van der Waals surface area contributed by atoms with Crippen LogP contribution < -0.4 is 10.5 Å². The van der Waals surface area contributed by atoms with Gasteiger partial charge < -0.3 is 10.5 Å². The number of ether oxygens (including phenoxy) is 1. The molecule has 0 aliphatic rings. The average Bonchev–Trinajstić information content (AvgIpc) is 2.79. The molecule has 0 bridgehead atoms. The third kappa shape index (κ3) is 4.50. The Kier molecular flexibility index (Phi) is 6.00. The van der Waals surface area contributed by atoms with Crippen LogP contribution in [0.25, 0.3) is 22.0 Å². The Morgan fingerprint density at radius 2 is 1.76 bits per heavy atom. The molecule has 8 heteroatoms. The highest BCUT2D eigenvalue weighted by atomic mass is 19.1. The second kappa shape index (κ2) is 8.90. The SMILES string of the molecule is COc1cc(F)c(-c2cc(C(N)=O)nc3cc(C(C)Cc4cnc(C)nc4)ccc23)c(F)c1. The minimum Gasteiger partial charge on any atom is -0.497 e. The van der Waals surface area contributed by atoms with Crippen molar-refractivity contribution in [1.29, 1.82) is 0 Å². The molecule has 1 atom stereocenters. The van der Waals surface area contributed by atoms with Gasteiger partial charge in [-0.25, -0.2) is 23.7 Å². The summed E-state index contributed by atoms with van der Waals surface area (Å²) in [6.07, 6.45) is 4.27. The first-order valence-electron chi connectivity index (χ1n) is 10.3. The zero-order valence-electron chi connectivity index (χ0n) is 18.4. The van der Waals surface area contributed by atoms with Crippen molar-refractivity contribution in [2.45, 2.75) is 26.2 Å². The average molecular weight is 448 g/mol. The Morgan fingerprint density at radius 3 is 2.36 bits per heavy atom. The number of pyridine rings is 1. The number of carbonyl (C=O) groups is 1. The van der Waals surface area contributed by atoms with Gasteiger partial charge in [0.15, 0.2) is 0 Å². The number of aryl methyl sites for hydroxylation is 1. The quantitative estimate of drug-likeness (QED) is 0.460. The lowest BCUT2D eigenvalue weighted by molar-refractivity contribution is 0.0996. The first-order chi connectivity index (χ1) is 15.8. The van der Waals surface area contributed by atoms with Crippen LogP contribution in [0.4, 0.5) is 8.78 Å². The number of amides is 1. The van der Waals surface area contributed by atoms with Gasteiger partial charge in [0.05, 0.1) is 18.2 Å². The summed E-state index contributed by atoms with van der Waals surface area (Å²) >= 11 is 0. The van der Waals surface area contributed by atoms with Gasteiger partial charge >= 0.3 is 0 Å². The largest absolute Gasteiger partial charge is 0.497 e. The fourth-order valence-electron chi connectivity index (χ4n) is 3.81. The molecule has 33 heavy (non-hydrogen) atoms. The topological polar surface area (TPSA) is 91.0 Å². The fraction of sp³-hybridized carbons (Fsp3) is 0.200. The predicted molar refractivity (Wildman–Crippen MR) is 121 cm³/mol. The Labute approximate surface area is 189 Å². The number of aromatic nitrogens is 3. The van der Waals surface area contributed by atoms with Gasteiger partial charge in [-0.3, -0.25) is 4.79 Å². The van der Waals surface area contributed by atoms with E-state index >= 15 is 0 Å². The van der Waals surface area contributed by atoms with Crippen molar-refractivity contribution >= 4 is 16.8 Å². The molecule has 2 N–H and O–H groups in total. The van der Waals surface area contributed by atoms with Crippen LogP contribution in [-0.2, 0) is 6.42 Å². The molecule has 1 unspecified atom stereocenters. The predicted octanol–water partition coefficient (Wildman–Crippen LogP) is 4.73. The Morgan fingerprint density at radius 1 is 1.09 bits per heavy atom. The lowest BCUT2D eigenvalue weighted by atomic mass is 9.92. The molecule has 0 saturated carbocycles. The maximum absolute atomic E-state index is 14.9. The molecule has 0 aliphatic heterocycles. The number of fused-ring (bicyclic) bond motifs is 1. The van der Waals surface area contributed by atoms with E-state index in [4.69, 9.17) is 10.5 Å².